The Hall–Kier alpha value is -1.58. The Morgan fingerprint density at radius 3 is 2.67 bits per heavy atom. The van der Waals surface area contributed by atoms with Crippen molar-refractivity contribution in [2.75, 3.05) is 7.11 Å². The van der Waals surface area contributed by atoms with E-state index in [1.165, 1.54) is 5.56 Å². The van der Waals surface area contributed by atoms with Crippen LogP contribution in [-0.4, -0.2) is 12.1 Å². The molecule has 0 aliphatic rings. The van der Waals surface area contributed by atoms with E-state index in [-0.39, 0.29) is 0 Å². The fourth-order valence-electron chi connectivity index (χ4n) is 2.28. The molecule has 1 aromatic heterocycles. The van der Waals surface area contributed by atoms with E-state index in [2.05, 4.69) is 29.4 Å². The number of pyridine rings is 1. The summed E-state index contributed by atoms with van der Waals surface area (Å²) in [7, 11) is 1.63. The largest absolute Gasteiger partial charge is 0.481 e. The van der Waals surface area contributed by atoms with Crippen LogP contribution in [0.15, 0.2) is 42.6 Å². The highest BCUT2D eigenvalue weighted by Gasteiger charge is 2.10. The van der Waals surface area contributed by atoms with Crippen LogP contribution in [0.25, 0.3) is 0 Å². The van der Waals surface area contributed by atoms with Gasteiger partial charge in [0.2, 0.25) is 5.88 Å². The number of benzene rings is 1. The summed E-state index contributed by atoms with van der Waals surface area (Å²) in [5.74, 6) is 0.646. The van der Waals surface area contributed by atoms with Gasteiger partial charge in [0.05, 0.1) is 7.11 Å². The maximum atomic E-state index is 5.96. The van der Waals surface area contributed by atoms with Gasteiger partial charge < -0.3 is 10.1 Å². The summed E-state index contributed by atoms with van der Waals surface area (Å²) in [5, 5.41) is 4.37. The molecule has 0 radical (unpaired) electrons. The lowest BCUT2D eigenvalue weighted by Gasteiger charge is -2.19. The van der Waals surface area contributed by atoms with Gasteiger partial charge in [-0.15, -0.1) is 0 Å². The van der Waals surface area contributed by atoms with Gasteiger partial charge in [-0.05, 0) is 35.7 Å². The summed E-state index contributed by atoms with van der Waals surface area (Å²) >= 11 is 5.96. The van der Waals surface area contributed by atoms with Crippen molar-refractivity contribution in [3.63, 3.8) is 0 Å². The van der Waals surface area contributed by atoms with Gasteiger partial charge >= 0.3 is 0 Å². The third kappa shape index (κ3) is 4.73. The lowest BCUT2D eigenvalue weighted by atomic mass is 10.0. The summed E-state index contributed by atoms with van der Waals surface area (Å²) < 4.78 is 5.15. The molecule has 112 valence electrons. The highest BCUT2D eigenvalue weighted by atomic mass is 35.5. The second-order valence-electron chi connectivity index (χ2n) is 4.98. The van der Waals surface area contributed by atoms with Crippen molar-refractivity contribution in [2.24, 2.45) is 0 Å². The summed E-state index contributed by atoms with van der Waals surface area (Å²) in [6, 6.07) is 12.3. The molecule has 1 N–H and O–H groups in total. The molecule has 3 nitrogen and oxygen atoms in total. The minimum absolute atomic E-state index is 0.325. The van der Waals surface area contributed by atoms with Crippen LogP contribution in [0.1, 0.15) is 36.9 Å². The molecular weight excluding hydrogens is 284 g/mol. The molecule has 0 fully saturated rings. The third-order valence-electron chi connectivity index (χ3n) is 3.41. The normalized spacial score (nSPS) is 12.1. The van der Waals surface area contributed by atoms with E-state index in [1.807, 2.05) is 24.3 Å². The number of nitrogens with one attached hydrogen (secondary N) is 1. The summed E-state index contributed by atoms with van der Waals surface area (Å²) in [6.07, 6.45) is 3.98. The number of hydrogen-bond donors (Lipinski definition) is 1. The fraction of sp³-hybridized carbons (Fsp3) is 0.353. The molecule has 0 aliphatic carbocycles. The van der Waals surface area contributed by atoms with Gasteiger partial charge in [0.15, 0.2) is 0 Å². The van der Waals surface area contributed by atoms with Gasteiger partial charge in [0.25, 0.3) is 0 Å². The SMILES string of the molecule is CCCC(NCc1ccnc(OC)c1)c1ccc(Cl)cc1. The van der Waals surface area contributed by atoms with E-state index in [0.29, 0.717) is 11.9 Å². The molecule has 1 aromatic carbocycles. The first-order valence-electron chi connectivity index (χ1n) is 7.20. The van der Waals surface area contributed by atoms with Crippen LogP contribution < -0.4 is 10.1 Å². The Bertz CT molecular complexity index is 557. The van der Waals surface area contributed by atoms with Gasteiger partial charge in [-0.25, -0.2) is 4.98 Å². The zero-order chi connectivity index (χ0) is 15.1. The van der Waals surface area contributed by atoms with Gasteiger partial charge in [-0.1, -0.05) is 37.1 Å². The van der Waals surface area contributed by atoms with Crippen LogP contribution in [0.4, 0.5) is 0 Å². The summed E-state index contributed by atoms with van der Waals surface area (Å²) in [5.41, 5.74) is 2.43. The van der Waals surface area contributed by atoms with Gasteiger partial charge in [-0.3, -0.25) is 0 Å². The van der Waals surface area contributed by atoms with E-state index in [0.717, 1.165) is 30.0 Å². The van der Waals surface area contributed by atoms with Crippen LogP contribution in [0.2, 0.25) is 5.02 Å². The molecule has 0 saturated heterocycles. The standard InChI is InChI=1S/C17H21ClN2O/c1-3-4-16(14-5-7-15(18)8-6-14)20-12-13-9-10-19-17(11-13)21-2/h5-11,16,20H,3-4,12H2,1-2H3. The van der Waals surface area contributed by atoms with Crippen molar-refractivity contribution in [3.05, 3.63) is 58.7 Å². The zero-order valence-electron chi connectivity index (χ0n) is 12.5. The number of nitrogens with zero attached hydrogens (tertiary/aromatic N) is 1. The molecule has 2 rings (SSSR count). The van der Waals surface area contributed by atoms with Crippen molar-refractivity contribution >= 4 is 11.6 Å². The van der Waals surface area contributed by atoms with Crippen molar-refractivity contribution in [3.8, 4) is 5.88 Å². The highest BCUT2D eigenvalue weighted by Crippen LogP contribution is 2.21. The van der Waals surface area contributed by atoms with Crippen molar-refractivity contribution in [1.29, 1.82) is 0 Å². The monoisotopic (exact) mass is 304 g/mol. The van der Waals surface area contributed by atoms with E-state index in [9.17, 15) is 0 Å². The maximum absolute atomic E-state index is 5.96. The average Bonchev–Trinajstić information content (AvgIpc) is 2.52. The van der Waals surface area contributed by atoms with Gasteiger partial charge in [0, 0.05) is 29.9 Å². The van der Waals surface area contributed by atoms with Crippen molar-refractivity contribution in [2.45, 2.75) is 32.4 Å². The molecule has 0 amide bonds. The molecule has 4 heteroatoms. The molecule has 0 bridgehead atoms. The summed E-state index contributed by atoms with van der Waals surface area (Å²) in [4.78, 5) is 4.12. The van der Waals surface area contributed by atoms with Crippen LogP contribution >= 0.6 is 11.6 Å². The molecule has 0 aliphatic heterocycles. The number of methoxy groups -OCH3 is 1. The fourth-order valence-corrected chi connectivity index (χ4v) is 2.41. The van der Waals surface area contributed by atoms with Crippen LogP contribution in [0.3, 0.4) is 0 Å². The molecule has 0 saturated carbocycles. The van der Waals surface area contributed by atoms with Gasteiger partial charge in [-0.2, -0.15) is 0 Å². The first-order chi connectivity index (χ1) is 10.2. The van der Waals surface area contributed by atoms with E-state index in [4.69, 9.17) is 16.3 Å². The van der Waals surface area contributed by atoms with Crippen molar-refractivity contribution in [1.82, 2.24) is 10.3 Å². The minimum atomic E-state index is 0.325. The Kier molecular flexibility index (Phi) is 6.03. The van der Waals surface area contributed by atoms with E-state index in [1.54, 1.807) is 13.3 Å². The highest BCUT2D eigenvalue weighted by molar-refractivity contribution is 6.30. The first-order valence-corrected chi connectivity index (χ1v) is 7.58. The van der Waals surface area contributed by atoms with Crippen LogP contribution in [-0.2, 0) is 6.54 Å². The molecular formula is C17H21ClN2O. The Morgan fingerprint density at radius 1 is 1.24 bits per heavy atom. The summed E-state index contributed by atoms with van der Waals surface area (Å²) in [6.45, 7) is 2.98. The van der Waals surface area contributed by atoms with E-state index >= 15 is 0 Å². The predicted octanol–water partition coefficient (Wildman–Crippen LogP) is 4.37. The Labute approximate surface area is 131 Å². The topological polar surface area (TPSA) is 34.2 Å². The predicted molar refractivity (Wildman–Crippen MR) is 86.7 cm³/mol. The number of ether oxygens (including phenoxy) is 1. The molecule has 1 unspecified atom stereocenters. The van der Waals surface area contributed by atoms with E-state index < -0.39 is 0 Å². The second-order valence-corrected chi connectivity index (χ2v) is 5.42. The Morgan fingerprint density at radius 2 is 2.00 bits per heavy atom. The lowest BCUT2D eigenvalue weighted by molar-refractivity contribution is 0.396. The first kappa shape index (κ1) is 15.8. The molecule has 2 aromatic rings. The number of halogens is 1. The van der Waals surface area contributed by atoms with Gasteiger partial charge in [0.1, 0.15) is 0 Å². The number of aromatic nitrogens is 1. The van der Waals surface area contributed by atoms with Crippen LogP contribution in [0, 0.1) is 0 Å². The lowest BCUT2D eigenvalue weighted by Crippen LogP contribution is -2.20. The molecule has 1 heterocycles. The zero-order valence-corrected chi connectivity index (χ0v) is 13.2. The van der Waals surface area contributed by atoms with Crippen molar-refractivity contribution < 1.29 is 4.74 Å². The molecule has 0 spiro atoms. The number of hydrogen-bond acceptors (Lipinski definition) is 3. The minimum Gasteiger partial charge on any atom is -0.481 e. The quantitative estimate of drug-likeness (QED) is 0.824. The second kappa shape index (κ2) is 8.01. The molecule has 1 atom stereocenters. The van der Waals surface area contributed by atoms with Crippen LogP contribution in [0.5, 0.6) is 5.88 Å². The number of rotatable bonds is 7. The Balaban J connectivity index is 2.04. The third-order valence-corrected chi connectivity index (χ3v) is 3.66. The molecule has 21 heavy (non-hydrogen) atoms. The average molecular weight is 305 g/mol. The maximum Gasteiger partial charge on any atom is 0.213 e. The smallest absolute Gasteiger partial charge is 0.213 e.